The Balaban J connectivity index is 1.35. The first kappa shape index (κ1) is 24.2. The number of anilines is 1. The summed E-state index contributed by atoms with van der Waals surface area (Å²) in [7, 11) is 5.07. The first-order valence-electron chi connectivity index (χ1n) is 12.2. The van der Waals surface area contributed by atoms with Gasteiger partial charge >= 0.3 is 0 Å². The van der Waals surface area contributed by atoms with Crippen LogP contribution in [-0.2, 0) is 0 Å². The molecule has 10 heteroatoms. The Labute approximate surface area is 211 Å². The van der Waals surface area contributed by atoms with Crippen LogP contribution >= 0.6 is 0 Å². The lowest BCUT2D eigenvalue weighted by molar-refractivity contribution is 0.0784. The van der Waals surface area contributed by atoms with E-state index in [0.29, 0.717) is 34.6 Å². The Bertz CT molecular complexity index is 1240. The van der Waals surface area contributed by atoms with Crippen molar-refractivity contribution in [1.29, 1.82) is 0 Å². The van der Waals surface area contributed by atoms with Gasteiger partial charge < -0.3 is 24.8 Å². The highest BCUT2D eigenvalue weighted by Gasteiger charge is 2.46. The van der Waals surface area contributed by atoms with Crippen molar-refractivity contribution in [3.63, 3.8) is 0 Å². The number of aromatic nitrogens is 5. The number of nitrogens with one attached hydrogen (secondary N) is 1. The van der Waals surface area contributed by atoms with Gasteiger partial charge in [-0.25, -0.2) is 15.0 Å². The summed E-state index contributed by atoms with van der Waals surface area (Å²) in [5.41, 5.74) is 2.01. The topological polar surface area (TPSA) is 118 Å². The molecule has 2 saturated heterocycles. The molecule has 2 aliphatic heterocycles. The van der Waals surface area contributed by atoms with Gasteiger partial charge in [0.25, 0.3) is 11.8 Å². The fraction of sp³-hybridized carbons (Fsp3) is 0.500. The number of phenols is 1. The molecule has 4 heterocycles. The monoisotopic (exact) mass is 491 g/mol. The molecule has 3 aromatic rings. The van der Waals surface area contributed by atoms with Crippen LogP contribution in [0.1, 0.15) is 46.0 Å². The number of hydrogen-bond donors (Lipinski definition) is 2. The summed E-state index contributed by atoms with van der Waals surface area (Å²) < 4.78 is 10.4. The van der Waals surface area contributed by atoms with E-state index < -0.39 is 0 Å². The van der Waals surface area contributed by atoms with Gasteiger partial charge in [-0.1, -0.05) is 6.07 Å². The minimum absolute atomic E-state index is 0.0269. The molecule has 0 saturated carbocycles. The van der Waals surface area contributed by atoms with Crippen LogP contribution in [0.5, 0.6) is 17.5 Å². The third kappa shape index (κ3) is 4.53. The van der Waals surface area contributed by atoms with Crippen molar-refractivity contribution in [3.8, 4) is 40.2 Å². The maximum absolute atomic E-state index is 10.7. The van der Waals surface area contributed by atoms with Gasteiger partial charge in [-0.2, -0.15) is 0 Å². The van der Waals surface area contributed by atoms with Crippen LogP contribution in [0.3, 0.4) is 0 Å². The lowest BCUT2D eigenvalue weighted by Crippen LogP contribution is -2.66. The van der Waals surface area contributed by atoms with Crippen molar-refractivity contribution in [3.05, 3.63) is 30.6 Å². The second-order valence-electron chi connectivity index (χ2n) is 10.4. The van der Waals surface area contributed by atoms with Crippen LogP contribution < -0.4 is 19.7 Å². The van der Waals surface area contributed by atoms with Gasteiger partial charge in [0, 0.05) is 29.7 Å². The SMILES string of the molecule is COc1ncc(-c2ccc(-c3ncc(N(C)C4C[C@]5(C)CCC[C@](C)(C4)N5)nn3)c(O)c2)nc1OC. The number of ether oxygens (including phenoxy) is 2. The summed E-state index contributed by atoms with van der Waals surface area (Å²) in [4.78, 5) is 15.3. The van der Waals surface area contributed by atoms with Crippen LogP contribution in [0.15, 0.2) is 30.6 Å². The highest BCUT2D eigenvalue weighted by atomic mass is 16.5. The molecule has 2 N–H and O–H groups in total. The van der Waals surface area contributed by atoms with Crippen molar-refractivity contribution in [2.24, 2.45) is 0 Å². The van der Waals surface area contributed by atoms with E-state index in [0.717, 1.165) is 18.7 Å². The van der Waals surface area contributed by atoms with E-state index in [9.17, 15) is 5.11 Å². The lowest BCUT2D eigenvalue weighted by Gasteiger charge is -2.55. The molecule has 0 spiro atoms. The van der Waals surface area contributed by atoms with Crippen LogP contribution in [0.2, 0.25) is 0 Å². The van der Waals surface area contributed by atoms with Crippen molar-refractivity contribution < 1.29 is 14.6 Å². The Kier molecular flexibility index (Phi) is 6.15. The Morgan fingerprint density at radius 3 is 2.33 bits per heavy atom. The zero-order valence-corrected chi connectivity index (χ0v) is 21.4. The van der Waals surface area contributed by atoms with Gasteiger partial charge in [0.1, 0.15) is 5.75 Å². The molecular weight excluding hydrogens is 458 g/mol. The molecule has 36 heavy (non-hydrogen) atoms. The van der Waals surface area contributed by atoms with Gasteiger partial charge in [-0.3, -0.25) is 0 Å². The van der Waals surface area contributed by atoms with Crippen molar-refractivity contribution in [2.75, 3.05) is 26.2 Å². The van der Waals surface area contributed by atoms with Gasteiger partial charge in [-0.05, 0) is 58.1 Å². The first-order chi connectivity index (χ1) is 17.2. The number of methoxy groups -OCH3 is 2. The molecule has 2 aliphatic rings. The van der Waals surface area contributed by atoms with E-state index in [1.807, 2.05) is 6.07 Å². The van der Waals surface area contributed by atoms with E-state index in [-0.39, 0.29) is 22.7 Å². The second-order valence-corrected chi connectivity index (χ2v) is 10.4. The first-order valence-corrected chi connectivity index (χ1v) is 12.2. The largest absolute Gasteiger partial charge is 0.507 e. The van der Waals surface area contributed by atoms with E-state index in [2.05, 4.69) is 56.3 Å². The molecule has 0 radical (unpaired) electrons. The predicted molar refractivity (Wildman–Crippen MR) is 136 cm³/mol. The summed E-state index contributed by atoms with van der Waals surface area (Å²) in [5, 5.41) is 23.4. The third-order valence-corrected chi connectivity index (χ3v) is 7.52. The highest BCUT2D eigenvalue weighted by molar-refractivity contribution is 5.71. The molecule has 3 atom stereocenters. The number of aromatic hydroxyl groups is 1. The van der Waals surface area contributed by atoms with Crippen LogP contribution in [0.4, 0.5) is 5.82 Å². The number of benzene rings is 1. The molecule has 2 fully saturated rings. The minimum Gasteiger partial charge on any atom is -0.507 e. The predicted octanol–water partition coefficient (Wildman–Crippen LogP) is 3.61. The van der Waals surface area contributed by atoms with Crippen LogP contribution in [-0.4, -0.2) is 68.6 Å². The normalized spacial score (nSPS) is 25.3. The van der Waals surface area contributed by atoms with Crippen LogP contribution in [0, 0.1) is 0 Å². The smallest absolute Gasteiger partial charge is 0.278 e. The minimum atomic E-state index is 0.0269. The van der Waals surface area contributed by atoms with Gasteiger partial charge in [0.15, 0.2) is 11.6 Å². The van der Waals surface area contributed by atoms with Gasteiger partial charge in [0.2, 0.25) is 0 Å². The molecule has 5 rings (SSSR count). The molecule has 1 aromatic carbocycles. The maximum atomic E-state index is 10.7. The average molecular weight is 492 g/mol. The molecule has 0 amide bonds. The Morgan fingerprint density at radius 1 is 1.00 bits per heavy atom. The molecule has 2 aromatic heterocycles. The Morgan fingerprint density at radius 2 is 1.72 bits per heavy atom. The maximum Gasteiger partial charge on any atom is 0.278 e. The molecular formula is C26H33N7O3. The number of phenolic OH excluding ortho intramolecular Hbond substituents is 1. The standard InChI is InChI=1S/C26H33N7O3/c1-25-9-6-10-26(2,32-25)13-17(12-25)33(3)21-15-27-22(31-30-21)18-8-7-16(11-20(18)34)19-14-28-23(35-4)24(29-19)36-5/h7-8,11,14-15,17,32,34H,6,9-10,12-13H2,1-5H3/t17?,25-,26+. The zero-order chi connectivity index (χ0) is 25.5. The van der Waals surface area contributed by atoms with Crippen molar-refractivity contribution in [2.45, 2.75) is 63.1 Å². The number of fused-ring (bicyclic) bond motifs is 2. The molecule has 2 bridgehead atoms. The molecule has 10 nitrogen and oxygen atoms in total. The van der Waals surface area contributed by atoms with Gasteiger partial charge in [0.05, 0.1) is 37.9 Å². The average Bonchev–Trinajstić information content (AvgIpc) is 2.86. The summed E-state index contributed by atoms with van der Waals surface area (Å²) in [6, 6.07) is 5.53. The summed E-state index contributed by atoms with van der Waals surface area (Å²) in [5.74, 6) is 1.68. The fourth-order valence-electron chi connectivity index (χ4n) is 5.81. The van der Waals surface area contributed by atoms with E-state index >= 15 is 0 Å². The second kappa shape index (κ2) is 9.16. The Hall–Kier alpha value is -3.53. The summed E-state index contributed by atoms with van der Waals surface area (Å²) in [6.45, 7) is 4.66. The molecule has 1 unspecified atom stereocenters. The summed E-state index contributed by atoms with van der Waals surface area (Å²) in [6.07, 6.45) is 9.08. The van der Waals surface area contributed by atoms with Crippen LogP contribution in [0.25, 0.3) is 22.6 Å². The molecule has 0 aliphatic carbocycles. The number of hydrogen-bond acceptors (Lipinski definition) is 10. The zero-order valence-electron chi connectivity index (χ0n) is 21.4. The number of rotatable bonds is 6. The van der Waals surface area contributed by atoms with E-state index in [1.165, 1.54) is 33.5 Å². The quantitative estimate of drug-likeness (QED) is 0.529. The van der Waals surface area contributed by atoms with E-state index in [4.69, 9.17) is 9.47 Å². The number of piperidine rings is 2. The van der Waals surface area contributed by atoms with Crippen molar-refractivity contribution >= 4 is 5.82 Å². The van der Waals surface area contributed by atoms with Crippen molar-refractivity contribution in [1.82, 2.24) is 30.5 Å². The molecule has 190 valence electrons. The lowest BCUT2D eigenvalue weighted by atomic mass is 9.69. The third-order valence-electron chi connectivity index (χ3n) is 7.52. The highest BCUT2D eigenvalue weighted by Crippen LogP contribution is 2.42. The van der Waals surface area contributed by atoms with Gasteiger partial charge in [-0.15, -0.1) is 10.2 Å². The number of nitrogens with zero attached hydrogens (tertiary/aromatic N) is 6. The fourth-order valence-corrected chi connectivity index (χ4v) is 5.81. The summed E-state index contributed by atoms with van der Waals surface area (Å²) >= 11 is 0. The van der Waals surface area contributed by atoms with E-state index in [1.54, 1.807) is 24.5 Å².